The van der Waals surface area contributed by atoms with Crippen LogP contribution in [0.15, 0.2) is 0 Å². The molecule has 0 aliphatic rings. The summed E-state index contributed by atoms with van der Waals surface area (Å²) < 4.78 is 11.7. The Bertz CT molecular complexity index is 995. The Hall–Kier alpha value is -1.18. The van der Waals surface area contributed by atoms with Crippen LogP contribution in [0.4, 0.5) is 0 Å². The number of hydrogen-bond acceptors (Lipinski definition) is 7. The van der Waals surface area contributed by atoms with Gasteiger partial charge in [0.1, 0.15) is 0 Å². The van der Waals surface area contributed by atoms with Crippen LogP contribution >= 0.6 is 0 Å². The lowest BCUT2D eigenvalue weighted by atomic mass is 9.94. The average Bonchev–Trinajstić information content (AvgIpc) is 3.33. The molecule has 0 bridgehead atoms. The van der Waals surface area contributed by atoms with Crippen LogP contribution in [0.5, 0.6) is 0 Å². The molecule has 0 radical (unpaired) electrons. The summed E-state index contributed by atoms with van der Waals surface area (Å²) in [5.74, 6) is 0.381. The van der Waals surface area contributed by atoms with Crippen LogP contribution in [0.1, 0.15) is 304 Å². The first-order valence-electron chi connectivity index (χ1n) is 30.3. The summed E-state index contributed by atoms with van der Waals surface area (Å²) in [6.07, 6.45) is 52.2. The Morgan fingerprint density at radius 1 is 0.343 bits per heavy atom. The predicted octanol–water partition coefficient (Wildman–Crippen LogP) is 17.4. The molecule has 2 atom stereocenters. The summed E-state index contributed by atoms with van der Waals surface area (Å²) in [6.45, 7) is 16.4. The van der Waals surface area contributed by atoms with Crippen molar-refractivity contribution in [3.63, 3.8) is 0 Å². The fourth-order valence-electron chi connectivity index (χ4n) is 9.74. The van der Waals surface area contributed by atoms with E-state index in [2.05, 4.69) is 44.5 Å². The van der Waals surface area contributed by atoms with Crippen LogP contribution in [-0.2, 0) is 19.1 Å². The molecule has 1 N–H and O–H groups in total. The van der Waals surface area contributed by atoms with Gasteiger partial charge in [-0.05, 0) is 90.9 Å². The third-order valence-electron chi connectivity index (χ3n) is 14.5. The molecule has 0 aromatic carbocycles. The van der Waals surface area contributed by atoms with E-state index in [1.165, 1.54) is 219 Å². The summed E-state index contributed by atoms with van der Waals surface area (Å²) in [7, 11) is 2.28. The Morgan fingerprint density at radius 3 is 0.985 bits per heavy atom. The van der Waals surface area contributed by atoms with E-state index < -0.39 is 0 Å². The van der Waals surface area contributed by atoms with E-state index in [1.54, 1.807) is 0 Å². The van der Waals surface area contributed by atoms with Gasteiger partial charge in [0.15, 0.2) is 0 Å². The van der Waals surface area contributed by atoms with Crippen molar-refractivity contribution in [3.8, 4) is 0 Å². The van der Waals surface area contributed by atoms with Gasteiger partial charge in [-0.25, -0.2) is 0 Å². The van der Waals surface area contributed by atoms with E-state index in [0.29, 0.717) is 19.8 Å². The van der Waals surface area contributed by atoms with Crippen molar-refractivity contribution in [3.05, 3.63) is 0 Å². The second-order valence-electron chi connectivity index (χ2n) is 21.1. The van der Waals surface area contributed by atoms with Crippen molar-refractivity contribution < 1.29 is 24.2 Å². The molecule has 0 rings (SSSR count). The van der Waals surface area contributed by atoms with Crippen LogP contribution in [-0.4, -0.2) is 86.4 Å². The van der Waals surface area contributed by atoms with Gasteiger partial charge < -0.3 is 24.4 Å². The van der Waals surface area contributed by atoms with Crippen molar-refractivity contribution in [1.82, 2.24) is 9.80 Å². The number of aliphatic hydroxyl groups excluding tert-OH is 1. The van der Waals surface area contributed by atoms with Crippen LogP contribution in [0.3, 0.4) is 0 Å². The number of aliphatic hydroxyl groups is 1. The van der Waals surface area contributed by atoms with E-state index in [1.807, 2.05) is 0 Å². The molecule has 7 heteroatoms. The number of likely N-dealkylation sites (N-methyl/N-ethyl adjacent to an activating group) is 1. The van der Waals surface area contributed by atoms with Crippen LogP contribution in [0, 0.1) is 11.8 Å². The lowest BCUT2D eigenvalue weighted by Crippen LogP contribution is -2.35. The molecule has 0 aliphatic heterocycles. The van der Waals surface area contributed by atoms with Gasteiger partial charge in [0.2, 0.25) is 0 Å². The van der Waals surface area contributed by atoms with Gasteiger partial charge in [0, 0.05) is 19.7 Å². The van der Waals surface area contributed by atoms with Gasteiger partial charge in [-0.2, -0.15) is 0 Å². The number of carbonyl (C=O) groups excluding carboxylic acids is 2. The van der Waals surface area contributed by atoms with Gasteiger partial charge in [0.25, 0.3) is 0 Å². The molecule has 7 nitrogen and oxygen atoms in total. The van der Waals surface area contributed by atoms with Crippen molar-refractivity contribution in [2.75, 3.05) is 59.6 Å². The predicted molar refractivity (Wildman–Crippen MR) is 291 cm³/mol. The first kappa shape index (κ1) is 65.8. The Kier molecular flexibility index (Phi) is 53.2. The van der Waals surface area contributed by atoms with Gasteiger partial charge in [-0.3, -0.25) is 9.59 Å². The molecule has 0 spiro atoms. The SMILES string of the molecule is CCCCCCCCC(CCCCCC)C(=O)OCCCCCCCCCN(CCCCCCCCCOC(=O)C(CCCCCCC)CCCCCCCC)CCN(C)CCCCCCO. The minimum absolute atomic E-state index is 0.0791. The number of unbranched alkanes of at least 4 members (excludes halogenated alkanes) is 32. The molecular formula is C60H120N2O5. The van der Waals surface area contributed by atoms with E-state index in [0.717, 1.165) is 90.3 Å². The molecule has 0 saturated carbocycles. The summed E-state index contributed by atoms with van der Waals surface area (Å²) in [4.78, 5) is 31.3. The van der Waals surface area contributed by atoms with Crippen molar-refractivity contribution in [1.29, 1.82) is 0 Å². The Balaban J connectivity index is 4.49. The summed E-state index contributed by atoms with van der Waals surface area (Å²) in [5.41, 5.74) is 0. The van der Waals surface area contributed by atoms with Gasteiger partial charge in [-0.15, -0.1) is 0 Å². The lowest BCUT2D eigenvalue weighted by Gasteiger charge is -2.25. The highest BCUT2D eigenvalue weighted by molar-refractivity contribution is 5.72. The minimum atomic E-state index is 0.0791. The molecular weight excluding hydrogens is 829 g/mol. The molecule has 0 aromatic rings. The Morgan fingerprint density at radius 2 is 0.627 bits per heavy atom. The minimum Gasteiger partial charge on any atom is -0.465 e. The van der Waals surface area contributed by atoms with Crippen molar-refractivity contribution in [2.24, 2.45) is 11.8 Å². The molecule has 400 valence electrons. The zero-order chi connectivity index (χ0) is 48.9. The smallest absolute Gasteiger partial charge is 0.308 e. The van der Waals surface area contributed by atoms with E-state index >= 15 is 0 Å². The third-order valence-corrected chi connectivity index (χ3v) is 14.5. The monoisotopic (exact) mass is 949 g/mol. The molecule has 0 heterocycles. The molecule has 67 heavy (non-hydrogen) atoms. The second-order valence-corrected chi connectivity index (χ2v) is 21.1. The molecule has 0 aromatic heterocycles. The highest BCUT2D eigenvalue weighted by Gasteiger charge is 2.20. The Labute approximate surface area is 419 Å². The van der Waals surface area contributed by atoms with E-state index in [4.69, 9.17) is 14.6 Å². The first-order chi connectivity index (χ1) is 32.9. The standard InChI is InChI=1S/C60H120N2O5/c1-6-10-14-18-27-37-47-57(45-35-17-13-9-4)59(64)66-55-43-33-24-20-22-29-40-50-62(53-52-61(5)49-39-31-32-42-54-63)51-41-30-23-21-25-34-44-56-67-60(65)58(46-36-26-16-12-8-3)48-38-28-19-15-11-7-2/h57-58,63H,6-56H2,1-5H3. The summed E-state index contributed by atoms with van der Waals surface area (Å²) >= 11 is 0. The van der Waals surface area contributed by atoms with Crippen LogP contribution in [0.2, 0.25) is 0 Å². The number of rotatable bonds is 56. The number of nitrogens with zero attached hydrogens (tertiary/aromatic N) is 2. The maximum atomic E-state index is 13.1. The third kappa shape index (κ3) is 46.9. The van der Waals surface area contributed by atoms with Crippen molar-refractivity contribution in [2.45, 2.75) is 304 Å². The maximum absolute atomic E-state index is 13.1. The topological polar surface area (TPSA) is 79.3 Å². The summed E-state index contributed by atoms with van der Waals surface area (Å²) in [5, 5.41) is 9.11. The number of carbonyl (C=O) groups is 2. The van der Waals surface area contributed by atoms with Crippen LogP contribution < -0.4 is 0 Å². The highest BCUT2D eigenvalue weighted by Crippen LogP contribution is 2.23. The first-order valence-corrected chi connectivity index (χ1v) is 30.3. The average molecular weight is 950 g/mol. The summed E-state index contributed by atoms with van der Waals surface area (Å²) in [6, 6.07) is 0. The molecule has 2 unspecified atom stereocenters. The van der Waals surface area contributed by atoms with E-state index in [9.17, 15) is 9.59 Å². The zero-order valence-electron chi connectivity index (χ0n) is 46.2. The van der Waals surface area contributed by atoms with Crippen molar-refractivity contribution >= 4 is 11.9 Å². The number of ether oxygens (including phenoxy) is 2. The fourth-order valence-corrected chi connectivity index (χ4v) is 9.74. The fraction of sp³-hybridized carbons (Fsp3) is 0.967. The van der Waals surface area contributed by atoms with Gasteiger partial charge in [-0.1, -0.05) is 240 Å². The number of hydrogen-bond donors (Lipinski definition) is 1. The largest absolute Gasteiger partial charge is 0.465 e. The van der Waals surface area contributed by atoms with Gasteiger partial charge >= 0.3 is 11.9 Å². The zero-order valence-corrected chi connectivity index (χ0v) is 46.2. The number of esters is 2. The lowest BCUT2D eigenvalue weighted by molar-refractivity contribution is -0.150. The molecule has 0 saturated heterocycles. The quantitative estimate of drug-likeness (QED) is 0.0481. The second kappa shape index (κ2) is 54.2. The maximum Gasteiger partial charge on any atom is 0.308 e. The van der Waals surface area contributed by atoms with Crippen LogP contribution in [0.25, 0.3) is 0 Å². The van der Waals surface area contributed by atoms with E-state index in [-0.39, 0.29) is 23.8 Å². The highest BCUT2D eigenvalue weighted by atomic mass is 16.5. The molecule has 0 amide bonds. The molecule has 0 aliphatic carbocycles. The normalized spacial score (nSPS) is 12.7. The van der Waals surface area contributed by atoms with Gasteiger partial charge in [0.05, 0.1) is 25.0 Å². The molecule has 0 fully saturated rings.